The minimum Gasteiger partial charge on any atom is -0.317 e. The van der Waals surface area contributed by atoms with Gasteiger partial charge in [-0.2, -0.15) is 16.8 Å². The first kappa shape index (κ1) is 21.1. The summed E-state index contributed by atoms with van der Waals surface area (Å²) in [6.45, 7) is -1.02. The van der Waals surface area contributed by atoms with Crippen LogP contribution in [-0.2, 0) is 20.2 Å². The molecule has 0 aromatic carbocycles. The zero-order valence-electron chi connectivity index (χ0n) is 7.58. The van der Waals surface area contributed by atoms with E-state index in [1.807, 2.05) is 0 Å². The summed E-state index contributed by atoms with van der Waals surface area (Å²) in [6, 6.07) is 0. The van der Waals surface area contributed by atoms with Crippen LogP contribution in [0.2, 0.25) is 0 Å². The average Bonchev–Trinajstić information content (AvgIpc) is 1.77. The summed E-state index contributed by atoms with van der Waals surface area (Å²) in [7, 11) is -9.89. The second-order valence-corrected chi connectivity index (χ2v) is 5.32. The zero-order chi connectivity index (χ0) is 9.99. The Bertz CT molecular complexity index is 303. The summed E-state index contributed by atoms with van der Waals surface area (Å²) < 4.78 is 54.9. The molecule has 0 saturated carbocycles. The normalized spacial score (nSPS) is 11.7. The topological polar surface area (TPSA) is 141 Å². The Morgan fingerprint density at radius 3 is 1.36 bits per heavy atom. The van der Waals surface area contributed by atoms with Crippen molar-refractivity contribution in [3.63, 3.8) is 0 Å². The van der Waals surface area contributed by atoms with Gasteiger partial charge in [-0.05, 0) is 0 Å². The molecule has 0 saturated heterocycles. The minimum absolute atomic E-state index is 0. The van der Waals surface area contributed by atoms with E-state index in [1.54, 1.807) is 0 Å². The monoisotopic (exact) mass is 267 g/mol. The van der Waals surface area contributed by atoms with Gasteiger partial charge in [0.05, 0.1) is 6.54 Å². The van der Waals surface area contributed by atoms with E-state index in [4.69, 9.17) is 14.3 Å². The van der Waals surface area contributed by atoms with Gasteiger partial charge in [0.25, 0.3) is 20.2 Å². The molecule has 0 fully saturated rings. The number of rotatable bonds is 4. The Kier molecular flexibility index (Phi) is 11.9. The second-order valence-electron chi connectivity index (χ2n) is 1.82. The van der Waals surface area contributed by atoms with Gasteiger partial charge >= 0.3 is 0 Å². The van der Waals surface area contributed by atoms with Crippen molar-refractivity contribution in [3.05, 3.63) is 0 Å². The van der Waals surface area contributed by atoms with Crippen LogP contribution in [0, 0.1) is 0 Å². The van der Waals surface area contributed by atoms with Gasteiger partial charge in [0.2, 0.25) is 4.58 Å². The summed E-state index contributed by atoms with van der Waals surface area (Å²) in [5, 5.41) is 7.96. The smallest absolute Gasteiger partial charge is 0.286 e. The van der Waals surface area contributed by atoms with Crippen LogP contribution in [0.5, 0.6) is 0 Å². The molecule has 14 heavy (non-hydrogen) atoms. The van der Waals surface area contributed by atoms with Crippen molar-refractivity contribution in [3.8, 4) is 0 Å². The van der Waals surface area contributed by atoms with Crippen LogP contribution in [-0.4, -0.2) is 101 Å². The first-order valence-electron chi connectivity index (χ1n) is 2.49. The molecule has 0 aromatic heterocycles. The third-order valence-corrected chi connectivity index (χ3v) is 4.04. The first-order chi connectivity index (χ1) is 5.19. The summed E-state index contributed by atoms with van der Waals surface area (Å²) in [5.41, 5.74) is 1.20. The molecule has 12 heteroatoms. The third kappa shape index (κ3) is 7.96. The van der Waals surface area contributed by atoms with Crippen molar-refractivity contribution in [2.24, 2.45) is 0 Å². The third-order valence-electron chi connectivity index (χ3n) is 0.922. The van der Waals surface area contributed by atoms with Crippen LogP contribution in [0.1, 0.15) is 0 Å². The van der Waals surface area contributed by atoms with Gasteiger partial charge in [0, 0.05) is 59.1 Å². The van der Waals surface area contributed by atoms with Gasteiger partial charge in [0.15, 0.2) is 0 Å². The molecule has 0 unspecified atom stereocenters. The molecule has 0 amide bonds. The van der Waals surface area contributed by atoms with Crippen molar-refractivity contribution >= 4 is 79.4 Å². The van der Waals surface area contributed by atoms with Gasteiger partial charge in [-0.15, -0.1) is 0 Å². The van der Waals surface area contributed by atoms with E-state index in [1.165, 1.54) is 5.48 Å². The second kappa shape index (κ2) is 7.92. The molecular formula is C2H7NNa2O7S2. The van der Waals surface area contributed by atoms with E-state index in [0.29, 0.717) is 0 Å². The van der Waals surface area contributed by atoms with Gasteiger partial charge in [0.1, 0.15) is 0 Å². The average molecular weight is 267 g/mol. The number of hydroxylamine groups is 1. The number of hydrogen-bond donors (Lipinski definition) is 4. The van der Waals surface area contributed by atoms with E-state index >= 15 is 0 Å². The molecule has 0 bridgehead atoms. The summed E-state index contributed by atoms with van der Waals surface area (Å²) in [4.78, 5) is 0. The Labute approximate surface area is 125 Å². The summed E-state index contributed by atoms with van der Waals surface area (Å²) in [6.07, 6.45) is 0. The molecule has 8 nitrogen and oxygen atoms in total. The van der Waals surface area contributed by atoms with E-state index in [0.717, 1.165) is 0 Å². The van der Waals surface area contributed by atoms with Crippen molar-refractivity contribution < 1.29 is 31.1 Å². The quantitative estimate of drug-likeness (QED) is 0.245. The molecule has 0 atom stereocenters. The van der Waals surface area contributed by atoms with Crippen LogP contribution in [0.4, 0.5) is 0 Å². The van der Waals surface area contributed by atoms with E-state index in [9.17, 15) is 16.8 Å². The predicted molar refractivity (Wildman–Crippen MR) is 48.2 cm³/mol. The van der Waals surface area contributed by atoms with Crippen LogP contribution in [0.3, 0.4) is 0 Å². The molecule has 0 aliphatic heterocycles. The Balaban J connectivity index is -0.000000605. The molecule has 0 heterocycles. The summed E-state index contributed by atoms with van der Waals surface area (Å²) >= 11 is 0. The Morgan fingerprint density at radius 1 is 1.00 bits per heavy atom. The predicted octanol–water partition coefficient (Wildman–Crippen LogP) is -2.69. The van der Waals surface area contributed by atoms with Gasteiger partial charge in [-0.3, -0.25) is 9.11 Å². The van der Waals surface area contributed by atoms with Gasteiger partial charge in [-0.1, -0.05) is 0 Å². The Morgan fingerprint density at radius 2 is 1.29 bits per heavy atom. The molecule has 0 spiro atoms. The van der Waals surface area contributed by atoms with E-state index in [-0.39, 0.29) is 59.1 Å². The van der Waals surface area contributed by atoms with Crippen molar-refractivity contribution in [2.75, 3.05) is 6.54 Å². The van der Waals surface area contributed by atoms with Crippen LogP contribution in [0.15, 0.2) is 0 Å². The number of nitrogens with one attached hydrogen (secondary N) is 1. The van der Waals surface area contributed by atoms with Gasteiger partial charge < -0.3 is 5.21 Å². The number of hydrogen-bond acceptors (Lipinski definition) is 6. The first-order valence-corrected chi connectivity index (χ1v) is 5.50. The maximum absolute atomic E-state index is 10.2. The van der Waals surface area contributed by atoms with Crippen molar-refractivity contribution in [1.82, 2.24) is 5.48 Å². The zero-order valence-corrected chi connectivity index (χ0v) is 13.2. The molecule has 2 radical (unpaired) electrons. The van der Waals surface area contributed by atoms with Crippen LogP contribution < -0.4 is 5.48 Å². The van der Waals surface area contributed by atoms with Crippen LogP contribution in [0.25, 0.3) is 0 Å². The minimum atomic E-state index is -4.95. The standard InChI is InChI=1S/C2H7NO7S2.2Na/c4-3-1-2(11(5,6)7)12(8,9)10;;/h2-4H,1H2,(H,5,6,7)(H,8,9,10);;. The van der Waals surface area contributed by atoms with Crippen LogP contribution >= 0.6 is 0 Å². The molecule has 0 aliphatic carbocycles. The van der Waals surface area contributed by atoms with Crippen molar-refractivity contribution in [2.45, 2.75) is 4.58 Å². The van der Waals surface area contributed by atoms with E-state index < -0.39 is 31.4 Å². The molecule has 0 rings (SSSR count). The molecule has 4 N–H and O–H groups in total. The molecular weight excluding hydrogens is 260 g/mol. The maximum atomic E-state index is 10.2. The fraction of sp³-hybridized carbons (Fsp3) is 1.00. The maximum Gasteiger partial charge on any atom is 0.286 e. The van der Waals surface area contributed by atoms with Gasteiger partial charge in [-0.25, -0.2) is 5.48 Å². The largest absolute Gasteiger partial charge is 0.317 e. The molecule has 0 aromatic rings. The molecule has 76 valence electrons. The van der Waals surface area contributed by atoms with Crippen molar-refractivity contribution in [1.29, 1.82) is 0 Å². The Hall–Kier alpha value is 1.74. The SMILES string of the molecule is O=S(=O)(O)C(CNO)S(=O)(=O)O.[Na].[Na]. The fourth-order valence-corrected chi connectivity index (χ4v) is 2.24. The van der Waals surface area contributed by atoms with E-state index in [2.05, 4.69) is 0 Å². The fourth-order valence-electron chi connectivity index (χ4n) is 0.439. The summed E-state index contributed by atoms with van der Waals surface area (Å²) in [5.74, 6) is 0. The molecule has 0 aliphatic rings.